The first-order valence-electron chi connectivity index (χ1n) is 8.35. The molecule has 25 heavy (non-hydrogen) atoms. The highest BCUT2D eigenvalue weighted by Gasteiger charge is 2.29. The van der Waals surface area contributed by atoms with Crippen molar-refractivity contribution in [1.29, 1.82) is 0 Å². The number of aromatic amines is 1. The van der Waals surface area contributed by atoms with E-state index in [4.69, 9.17) is 11.6 Å². The van der Waals surface area contributed by atoms with Gasteiger partial charge in [0.15, 0.2) is 0 Å². The van der Waals surface area contributed by atoms with Crippen molar-refractivity contribution in [3.05, 3.63) is 50.9 Å². The molecule has 1 aromatic heterocycles. The minimum atomic E-state index is -0.208. The largest absolute Gasteiger partial charge is 0.341 e. The number of carbonyl (C=O) groups excluding carboxylic acids is 1. The van der Waals surface area contributed by atoms with E-state index in [-0.39, 0.29) is 24.1 Å². The highest BCUT2D eigenvalue weighted by molar-refractivity contribution is 6.30. The summed E-state index contributed by atoms with van der Waals surface area (Å²) >= 11 is 5.89. The van der Waals surface area contributed by atoms with E-state index in [2.05, 4.69) is 15.3 Å². The lowest BCUT2D eigenvalue weighted by atomic mass is 9.97. The number of urea groups is 1. The lowest BCUT2D eigenvalue weighted by Gasteiger charge is -2.31. The molecule has 0 bridgehead atoms. The molecule has 0 saturated carbocycles. The van der Waals surface area contributed by atoms with Crippen LogP contribution in [0.25, 0.3) is 11.4 Å². The summed E-state index contributed by atoms with van der Waals surface area (Å²) in [5.41, 5.74) is 1.89. The predicted octanol–water partition coefficient (Wildman–Crippen LogP) is 3.38. The molecule has 1 aromatic carbocycles. The zero-order chi connectivity index (χ0) is 18.6. The van der Waals surface area contributed by atoms with E-state index in [1.54, 1.807) is 24.1 Å². The summed E-state index contributed by atoms with van der Waals surface area (Å²) in [4.78, 5) is 33.3. The van der Waals surface area contributed by atoms with Crippen molar-refractivity contribution in [2.75, 3.05) is 13.6 Å². The van der Waals surface area contributed by atoms with Gasteiger partial charge in [0.1, 0.15) is 5.82 Å². The second kappa shape index (κ2) is 8.16. The predicted molar refractivity (Wildman–Crippen MR) is 99.9 cm³/mol. The van der Waals surface area contributed by atoms with Crippen LogP contribution in [-0.4, -0.2) is 34.5 Å². The summed E-state index contributed by atoms with van der Waals surface area (Å²) in [5, 5.41) is 3.22. The molecule has 0 aliphatic carbocycles. The van der Waals surface area contributed by atoms with Gasteiger partial charge in [-0.1, -0.05) is 32.4 Å². The number of amides is 2. The Bertz CT molecular complexity index is 802. The number of hydrogen-bond donors (Lipinski definition) is 2. The van der Waals surface area contributed by atoms with Crippen molar-refractivity contribution in [2.45, 2.75) is 33.2 Å². The molecule has 1 aliphatic heterocycles. The SMILES string of the molecule is CC.CNC(=O)N1Cc2c(nc(-c3ccc(Cl)cc3)[nH]c2=O)C(C)C1. The van der Waals surface area contributed by atoms with Gasteiger partial charge in [-0.05, 0) is 24.3 Å². The van der Waals surface area contributed by atoms with Gasteiger partial charge in [0, 0.05) is 30.1 Å². The van der Waals surface area contributed by atoms with E-state index in [1.807, 2.05) is 32.9 Å². The monoisotopic (exact) mass is 362 g/mol. The van der Waals surface area contributed by atoms with Gasteiger partial charge in [-0.3, -0.25) is 4.79 Å². The highest BCUT2D eigenvalue weighted by atomic mass is 35.5. The first-order chi connectivity index (χ1) is 12.0. The van der Waals surface area contributed by atoms with Crippen LogP contribution in [0.5, 0.6) is 0 Å². The van der Waals surface area contributed by atoms with Gasteiger partial charge in [0.25, 0.3) is 5.56 Å². The van der Waals surface area contributed by atoms with Crippen molar-refractivity contribution >= 4 is 17.6 Å². The Kier molecular flexibility index (Phi) is 6.20. The maximum absolute atomic E-state index is 12.4. The number of rotatable bonds is 1. The van der Waals surface area contributed by atoms with Crippen LogP contribution in [-0.2, 0) is 6.54 Å². The Morgan fingerprint density at radius 1 is 1.32 bits per heavy atom. The number of aromatic nitrogens is 2. The summed E-state index contributed by atoms with van der Waals surface area (Å²) in [7, 11) is 1.58. The van der Waals surface area contributed by atoms with Gasteiger partial charge in [0.2, 0.25) is 0 Å². The normalized spacial score (nSPS) is 15.7. The van der Waals surface area contributed by atoms with Gasteiger partial charge < -0.3 is 15.2 Å². The van der Waals surface area contributed by atoms with E-state index in [1.165, 1.54) is 0 Å². The second-order valence-corrected chi connectivity index (χ2v) is 6.06. The maximum atomic E-state index is 12.4. The standard InChI is InChI=1S/C16H17ClN4O2.C2H6/c1-9-7-21(16(23)18-2)8-12-13(9)19-14(20-15(12)22)10-3-5-11(17)6-4-10;1-2/h3-6,9H,7-8H2,1-2H3,(H,18,23)(H,19,20,22);1-2H3. The molecule has 1 atom stereocenters. The molecule has 134 valence electrons. The first kappa shape index (κ1) is 19.0. The number of benzene rings is 1. The van der Waals surface area contributed by atoms with E-state index in [9.17, 15) is 9.59 Å². The van der Waals surface area contributed by atoms with Crippen LogP contribution in [0.4, 0.5) is 4.79 Å². The van der Waals surface area contributed by atoms with Crippen molar-refractivity contribution in [2.24, 2.45) is 0 Å². The van der Waals surface area contributed by atoms with E-state index in [0.29, 0.717) is 23.0 Å². The van der Waals surface area contributed by atoms with Crippen LogP contribution in [0.15, 0.2) is 29.1 Å². The lowest BCUT2D eigenvalue weighted by Crippen LogP contribution is -2.44. The minimum absolute atomic E-state index is 0.00981. The van der Waals surface area contributed by atoms with Crippen LogP contribution >= 0.6 is 11.6 Å². The van der Waals surface area contributed by atoms with Gasteiger partial charge in [0.05, 0.1) is 17.8 Å². The number of fused-ring (bicyclic) bond motifs is 1. The highest BCUT2D eigenvalue weighted by Crippen LogP contribution is 2.26. The third kappa shape index (κ3) is 4.02. The number of hydrogen-bond acceptors (Lipinski definition) is 3. The summed E-state index contributed by atoms with van der Waals surface area (Å²) in [6.45, 7) is 6.76. The van der Waals surface area contributed by atoms with Crippen molar-refractivity contribution in [3.63, 3.8) is 0 Å². The number of nitrogens with one attached hydrogen (secondary N) is 2. The second-order valence-electron chi connectivity index (χ2n) is 5.62. The molecule has 3 rings (SSSR count). The molecule has 2 aromatic rings. The number of carbonyl (C=O) groups is 1. The molecule has 2 heterocycles. The summed E-state index contributed by atoms with van der Waals surface area (Å²) in [5.74, 6) is 0.509. The molecule has 2 amide bonds. The summed E-state index contributed by atoms with van der Waals surface area (Å²) < 4.78 is 0. The van der Waals surface area contributed by atoms with Crippen LogP contribution < -0.4 is 10.9 Å². The first-order valence-corrected chi connectivity index (χ1v) is 8.73. The fourth-order valence-corrected chi connectivity index (χ4v) is 2.93. The molecule has 0 radical (unpaired) electrons. The Morgan fingerprint density at radius 2 is 1.96 bits per heavy atom. The molecule has 0 fully saturated rings. The third-order valence-corrected chi connectivity index (χ3v) is 4.23. The Balaban J connectivity index is 0.00000109. The molecule has 1 aliphatic rings. The van der Waals surface area contributed by atoms with Crippen molar-refractivity contribution < 1.29 is 4.79 Å². The molecular formula is C18H23ClN4O2. The molecule has 2 N–H and O–H groups in total. The van der Waals surface area contributed by atoms with Crippen LogP contribution in [0.3, 0.4) is 0 Å². The van der Waals surface area contributed by atoms with Crippen molar-refractivity contribution in [3.8, 4) is 11.4 Å². The van der Waals surface area contributed by atoms with Gasteiger partial charge in [-0.25, -0.2) is 9.78 Å². The van der Waals surface area contributed by atoms with Crippen LogP contribution in [0.2, 0.25) is 5.02 Å². The van der Waals surface area contributed by atoms with Crippen LogP contribution in [0, 0.1) is 0 Å². The molecule has 6 nitrogen and oxygen atoms in total. The number of halogens is 1. The minimum Gasteiger partial charge on any atom is -0.341 e. The fraction of sp³-hybridized carbons (Fsp3) is 0.389. The summed E-state index contributed by atoms with van der Waals surface area (Å²) in [6, 6.07) is 6.96. The van der Waals surface area contributed by atoms with E-state index < -0.39 is 0 Å². The average Bonchev–Trinajstić information content (AvgIpc) is 2.63. The lowest BCUT2D eigenvalue weighted by molar-refractivity contribution is 0.188. The van der Waals surface area contributed by atoms with E-state index >= 15 is 0 Å². The summed E-state index contributed by atoms with van der Waals surface area (Å²) in [6.07, 6.45) is 0. The number of nitrogens with zero attached hydrogens (tertiary/aromatic N) is 2. The van der Waals surface area contributed by atoms with Gasteiger partial charge >= 0.3 is 6.03 Å². The van der Waals surface area contributed by atoms with E-state index in [0.717, 1.165) is 11.3 Å². The molecule has 0 saturated heterocycles. The Labute approximate surface area is 152 Å². The third-order valence-electron chi connectivity index (χ3n) is 3.98. The smallest absolute Gasteiger partial charge is 0.317 e. The van der Waals surface area contributed by atoms with Crippen molar-refractivity contribution in [1.82, 2.24) is 20.2 Å². The number of H-pyrrole nitrogens is 1. The molecular weight excluding hydrogens is 340 g/mol. The fourth-order valence-electron chi connectivity index (χ4n) is 2.81. The zero-order valence-electron chi connectivity index (χ0n) is 14.9. The van der Waals surface area contributed by atoms with Crippen LogP contribution in [0.1, 0.15) is 37.9 Å². The molecule has 1 unspecified atom stereocenters. The quantitative estimate of drug-likeness (QED) is 0.816. The Morgan fingerprint density at radius 3 is 2.56 bits per heavy atom. The van der Waals surface area contributed by atoms with Gasteiger partial charge in [-0.2, -0.15) is 0 Å². The maximum Gasteiger partial charge on any atom is 0.317 e. The molecule has 0 spiro atoms. The zero-order valence-corrected chi connectivity index (χ0v) is 15.6. The topological polar surface area (TPSA) is 78.1 Å². The molecule has 7 heteroatoms. The Hall–Kier alpha value is -2.34. The average molecular weight is 363 g/mol. The van der Waals surface area contributed by atoms with Gasteiger partial charge in [-0.15, -0.1) is 0 Å².